The Morgan fingerprint density at radius 3 is 1.75 bits per heavy atom. The molecule has 1 aliphatic rings. The summed E-state index contributed by atoms with van der Waals surface area (Å²) >= 11 is 0. The Labute approximate surface area is 187 Å². The monoisotopic (exact) mass is 427 g/mol. The average Bonchev–Trinajstić information content (AvgIpc) is 2.85. The number of nitrogens with one attached hydrogen (secondary N) is 2. The summed E-state index contributed by atoms with van der Waals surface area (Å²) in [6.07, 6.45) is 1.44. The largest absolute Gasteiger partial charge is 0.349 e. The molecule has 0 aliphatic carbocycles. The number of anilines is 1. The Bertz CT molecular complexity index is 1070. The second-order valence-electron chi connectivity index (χ2n) is 7.80. The predicted molar refractivity (Wildman–Crippen MR) is 124 cm³/mol. The first kappa shape index (κ1) is 21.3. The summed E-state index contributed by atoms with van der Waals surface area (Å²) < 4.78 is 0. The van der Waals surface area contributed by atoms with Gasteiger partial charge in [0.2, 0.25) is 0 Å². The zero-order valence-electron chi connectivity index (χ0n) is 17.7. The van der Waals surface area contributed by atoms with Crippen LogP contribution in [0.5, 0.6) is 0 Å². The molecule has 0 spiro atoms. The lowest BCUT2D eigenvalue weighted by Crippen LogP contribution is -2.46. The molecule has 0 unspecified atom stereocenters. The average molecular weight is 428 g/mol. The first-order valence-electron chi connectivity index (χ1n) is 10.7. The minimum absolute atomic E-state index is 0.0428. The van der Waals surface area contributed by atoms with Crippen molar-refractivity contribution in [1.29, 1.82) is 0 Å². The minimum Gasteiger partial charge on any atom is -0.349 e. The third-order valence-corrected chi connectivity index (χ3v) is 5.58. The maximum absolute atomic E-state index is 12.9. The van der Waals surface area contributed by atoms with E-state index in [1.807, 2.05) is 41.3 Å². The Morgan fingerprint density at radius 2 is 1.19 bits per heavy atom. The molecule has 162 valence electrons. The van der Waals surface area contributed by atoms with Gasteiger partial charge in [-0.3, -0.25) is 14.4 Å². The molecule has 0 bridgehead atoms. The summed E-state index contributed by atoms with van der Waals surface area (Å²) in [7, 11) is 0. The standard InChI is InChI=1S/C26H25N3O3/c30-24(19-7-3-1-4-8-19)27-22-13-11-21(12-14-22)26(32)29-17-15-23(16-18-29)28-25(31)20-9-5-2-6-10-20/h1-14,23H,15-18H2,(H,27,30)(H,28,31). The lowest BCUT2D eigenvalue weighted by molar-refractivity contribution is 0.0698. The predicted octanol–water partition coefficient (Wildman–Crippen LogP) is 3.97. The fraction of sp³-hybridized carbons (Fsp3) is 0.192. The van der Waals surface area contributed by atoms with E-state index >= 15 is 0 Å². The van der Waals surface area contributed by atoms with Crippen LogP contribution in [-0.4, -0.2) is 41.8 Å². The van der Waals surface area contributed by atoms with E-state index in [-0.39, 0.29) is 23.8 Å². The quantitative estimate of drug-likeness (QED) is 0.647. The molecule has 1 fully saturated rings. The van der Waals surface area contributed by atoms with Crippen LogP contribution in [0.25, 0.3) is 0 Å². The van der Waals surface area contributed by atoms with E-state index in [0.717, 1.165) is 12.8 Å². The van der Waals surface area contributed by atoms with E-state index in [1.54, 1.807) is 48.5 Å². The molecule has 4 rings (SSSR count). The minimum atomic E-state index is -0.190. The second-order valence-corrected chi connectivity index (χ2v) is 7.80. The van der Waals surface area contributed by atoms with Crippen LogP contribution >= 0.6 is 0 Å². The highest BCUT2D eigenvalue weighted by Gasteiger charge is 2.25. The number of amides is 3. The Hall–Kier alpha value is -3.93. The van der Waals surface area contributed by atoms with Crippen molar-refractivity contribution in [2.75, 3.05) is 18.4 Å². The van der Waals surface area contributed by atoms with Gasteiger partial charge in [0.1, 0.15) is 0 Å². The molecular formula is C26H25N3O3. The van der Waals surface area contributed by atoms with Crippen molar-refractivity contribution in [3.05, 3.63) is 102 Å². The number of hydrogen-bond acceptors (Lipinski definition) is 3. The molecule has 3 amide bonds. The SMILES string of the molecule is O=C(Nc1ccc(C(=O)N2CCC(NC(=O)c3ccccc3)CC2)cc1)c1ccccc1. The Morgan fingerprint density at radius 1 is 0.656 bits per heavy atom. The van der Waals surface area contributed by atoms with Crippen molar-refractivity contribution in [1.82, 2.24) is 10.2 Å². The summed E-state index contributed by atoms with van der Waals surface area (Å²) in [4.78, 5) is 39.3. The van der Waals surface area contributed by atoms with E-state index < -0.39 is 0 Å². The number of likely N-dealkylation sites (tertiary alicyclic amines) is 1. The lowest BCUT2D eigenvalue weighted by atomic mass is 10.0. The van der Waals surface area contributed by atoms with Crippen LogP contribution in [0, 0.1) is 0 Å². The fourth-order valence-electron chi connectivity index (χ4n) is 3.76. The van der Waals surface area contributed by atoms with Gasteiger partial charge < -0.3 is 15.5 Å². The number of hydrogen-bond donors (Lipinski definition) is 2. The van der Waals surface area contributed by atoms with Gasteiger partial charge in [0, 0.05) is 41.5 Å². The first-order valence-corrected chi connectivity index (χ1v) is 10.7. The van der Waals surface area contributed by atoms with Crippen molar-refractivity contribution in [3.8, 4) is 0 Å². The van der Waals surface area contributed by atoms with E-state index in [0.29, 0.717) is 35.5 Å². The Balaban J connectivity index is 1.28. The van der Waals surface area contributed by atoms with Gasteiger partial charge >= 0.3 is 0 Å². The van der Waals surface area contributed by atoms with Crippen molar-refractivity contribution in [3.63, 3.8) is 0 Å². The number of carbonyl (C=O) groups is 3. The van der Waals surface area contributed by atoms with Crippen molar-refractivity contribution in [2.24, 2.45) is 0 Å². The van der Waals surface area contributed by atoms with Crippen LogP contribution in [0.2, 0.25) is 0 Å². The summed E-state index contributed by atoms with van der Waals surface area (Å²) in [5, 5.41) is 5.89. The molecule has 3 aromatic rings. The van der Waals surface area contributed by atoms with E-state index in [4.69, 9.17) is 0 Å². The topological polar surface area (TPSA) is 78.5 Å². The molecule has 1 saturated heterocycles. The van der Waals surface area contributed by atoms with Gasteiger partial charge in [0.25, 0.3) is 17.7 Å². The van der Waals surface area contributed by atoms with Gasteiger partial charge in [0.15, 0.2) is 0 Å². The van der Waals surface area contributed by atoms with Gasteiger partial charge in [-0.15, -0.1) is 0 Å². The number of rotatable bonds is 5. The number of carbonyl (C=O) groups excluding carboxylic acids is 3. The molecule has 0 atom stereocenters. The van der Waals surface area contributed by atoms with E-state index in [1.165, 1.54) is 0 Å². The molecule has 32 heavy (non-hydrogen) atoms. The molecule has 0 radical (unpaired) electrons. The molecule has 1 aliphatic heterocycles. The van der Waals surface area contributed by atoms with Crippen LogP contribution in [0.3, 0.4) is 0 Å². The second kappa shape index (κ2) is 9.92. The maximum Gasteiger partial charge on any atom is 0.255 e. The zero-order valence-corrected chi connectivity index (χ0v) is 17.7. The van der Waals surface area contributed by atoms with Crippen molar-refractivity contribution >= 4 is 23.4 Å². The fourth-order valence-corrected chi connectivity index (χ4v) is 3.76. The summed E-state index contributed by atoms with van der Waals surface area (Å²) in [6, 6.07) is 25.1. The highest BCUT2D eigenvalue weighted by molar-refractivity contribution is 6.04. The first-order chi connectivity index (χ1) is 15.6. The number of nitrogens with zero attached hydrogens (tertiary/aromatic N) is 1. The smallest absolute Gasteiger partial charge is 0.255 e. The van der Waals surface area contributed by atoms with Gasteiger partial charge in [-0.05, 0) is 61.4 Å². The van der Waals surface area contributed by atoms with Crippen LogP contribution in [0.15, 0.2) is 84.9 Å². The highest BCUT2D eigenvalue weighted by Crippen LogP contribution is 2.17. The molecule has 6 heteroatoms. The lowest BCUT2D eigenvalue weighted by Gasteiger charge is -2.32. The van der Waals surface area contributed by atoms with Gasteiger partial charge in [-0.25, -0.2) is 0 Å². The molecule has 6 nitrogen and oxygen atoms in total. The third kappa shape index (κ3) is 5.21. The molecule has 2 N–H and O–H groups in total. The van der Waals surface area contributed by atoms with Gasteiger partial charge in [-0.1, -0.05) is 36.4 Å². The van der Waals surface area contributed by atoms with Crippen LogP contribution in [0.1, 0.15) is 43.9 Å². The third-order valence-electron chi connectivity index (χ3n) is 5.58. The van der Waals surface area contributed by atoms with Crippen molar-refractivity contribution in [2.45, 2.75) is 18.9 Å². The van der Waals surface area contributed by atoms with Gasteiger partial charge in [-0.2, -0.15) is 0 Å². The van der Waals surface area contributed by atoms with Crippen LogP contribution < -0.4 is 10.6 Å². The van der Waals surface area contributed by atoms with Gasteiger partial charge in [0.05, 0.1) is 0 Å². The number of benzene rings is 3. The van der Waals surface area contributed by atoms with E-state index in [9.17, 15) is 14.4 Å². The Kier molecular flexibility index (Phi) is 6.60. The molecule has 0 aromatic heterocycles. The molecule has 0 saturated carbocycles. The summed E-state index contributed by atoms with van der Waals surface area (Å²) in [6.45, 7) is 1.18. The zero-order chi connectivity index (χ0) is 22.3. The highest BCUT2D eigenvalue weighted by atomic mass is 16.2. The van der Waals surface area contributed by atoms with Crippen LogP contribution in [0.4, 0.5) is 5.69 Å². The summed E-state index contributed by atoms with van der Waals surface area (Å²) in [5.41, 5.74) is 2.44. The summed E-state index contributed by atoms with van der Waals surface area (Å²) in [5.74, 6) is -0.313. The normalized spacial score (nSPS) is 13.9. The number of piperidine rings is 1. The molecule has 3 aromatic carbocycles. The molecule has 1 heterocycles. The van der Waals surface area contributed by atoms with E-state index in [2.05, 4.69) is 10.6 Å². The van der Waals surface area contributed by atoms with Crippen LogP contribution in [-0.2, 0) is 0 Å². The maximum atomic E-state index is 12.9. The molecular weight excluding hydrogens is 402 g/mol. The van der Waals surface area contributed by atoms with Crippen molar-refractivity contribution < 1.29 is 14.4 Å².